The fourth-order valence-electron chi connectivity index (χ4n) is 1.73. The number of rotatable bonds is 5. The molecule has 0 aliphatic heterocycles. The number of amides is 1. The second-order valence-electron chi connectivity index (χ2n) is 4.95. The molecule has 0 bridgehead atoms. The Morgan fingerprint density at radius 2 is 1.81 bits per heavy atom. The summed E-state index contributed by atoms with van der Waals surface area (Å²) in [7, 11) is 1.26. The third kappa shape index (κ3) is 4.05. The van der Waals surface area contributed by atoms with Gasteiger partial charge in [0.1, 0.15) is 0 Å². The summed E-state index contributed by atoms with van der Waals surface area (Å²) in [6, 6.07) is 4.94. The zero-order chi connectivity index (χ0) is 16.2. The van der Waals surface area contributed by atoms with Crippen LogP contribution in [0.2, 0.25) is 0 Å². The van der Waals surface area contributed by atoms with E-state index in [1.54, 1.807) is 18.2 Å². The van der Waals surface area contributed by atoms with Crippen LogP contribution in [0, 0.1) is 18.8 Å². The Bertz CT molecular complexity index is 567. The summed E-state index contributed by atoms with van der Waals surface area (Å²) < 4.78 is 4.68. The predicted octanol–water partition coefficient (Wildman–Crippen LogP) is 2.08. The van der Waals surface area contributed by atoms with Crippen molar-refractivity contribution in [3.05, 3.63) is 29.3 Å². The van der Waals surface area contributed by atoms with Crippen molar-refractivity contribution < 1.29 is 24.2 Å². The lowest BCUT2D eigenvalue weighted by molar-refractivity contribution is -0.145. The first-order chi connectivity index (χ1) is 9.77. The number of aliphatic carboxylic acids is 1. The van der Waals surface area contributed by atoms with Crippen LogP contribution >= 0.6 is 0 Å². The monoisotopic (exact) mass is 293 g/mol. The normalized spacial score (nSPS) is 13.1. The Hall–Kier alpha value is -2.37. The highest BCUT2D eigenvalue weighted by molar-refractivity contribution is 6.02. The van der Waals surface area contributed by atoms with Gasteiger partial charge >= 0.3 is 11.9 Å². The van der Waals surface area contributed by atoms with E-state index < -0.39 is 29.7 Å². The van der Waals surface area contributed by atoms with Crippen LogP contribution in [0.3, 0.4) is 0 Å². The molecule has 2 N–H and O–H groups in total. The number of hydrogen-bond acceptors (Lipinski definition) is 4. The molecule has 2 atom stereocenters. The number of methoxy groups -OCH3 is 1. The molecule has 6 heteroatoms. The van der Waals surface area contributed by atoms with Gasteiger partial charge in [-0.3, -0.25) is 9.59 Å². The minimum Gasteiger partial charge on any atom is -0.481 e. The van der Waals surface area contributed by atoms with Crippen molar-refractivity contribution in [2.24, 2.45) is 11.8 Å². The number of benzene rings is 1. The van der Waals surface area contributed by atoms with Crippen molar-refractivity contribution in [1.29, 1.82) is 0 Å². The van der Waals surface area contributed by atoms with E-state index in [0.717, 1.165) is 5.56 Å². The second-order valence-corrected chi connectivity index (χ2v) is 4.95. The molecule has 0 heterocycles. The number of carboxylic acid groups (broad SMARTS) is 1. The topological polar surface area (TPSA) is 92.7 Å². The van der Waals surface area contributed by atoms with Crippen molar-refractivity contribution in [1.82, 2.24) is 0 Å². The summed E-state index contributed by atoms with van der Waals surface area (Å²) in [5, 5.41) is 11.5. The molecule has 0 spiro atoms. The molecule has 0 fully saturated rings. The SMILES string of the molecule is COC(=O)c1cc(C)ccc1NC(=O)C(C)C(C)C(=O)O. The summed E-state index contributed by atoms with van der Waals surface area (Å²) >= 11 is 0. The van der Waals surface area contributed by atoms with Gasteiger partial charge in [0.25, 0.3) is 0 Å². The van der Waals surface area contributed by atoms with E-state index in [1.807, 2.05) is 6.92 Å². The standard InChI is InChI=1S/C15H19NO5/c1-8-5-6-12(11(7-8)15(20)21-4)16-13(17)9(2)10(3)14(18)19/h5-7,9-10H,1-4H3,(H,16,17)(H,18,19). The summed E-state index contributed by atoms with van der Waals surface area (Å²) in [6.45, 7) is 4.80. The minimum atomic E-state index is -1.05. The van der Waals surface area contributed by atoms with Gasteiger partial charge in [-0.25, -0.2) is 4.79 Å². The zero-order valence-electron chi connectivity index (χ0n) is 12.5. The molecule has 0 radical (unpaired) electrons. The van der Waals surface area contributed by atoms with Crippen molar-refractivity contribution in [3.8, 4) is 0 Å². The third-order valence-corrected chi connectivity index (χ3v) is 3.39. The molecule has 1 aromatic rings. The van der Waals surface area contributed by atoms with Gasteiger partial charge in [0.05, 0.1) is 24.3 Å². The van der Waals surface area contributed by atoms with E-state index in [2.05, 4.69) is 10.1 Å². The summed E-state index contributed by atoms with van der Waals surface area (Å²) in [6.07, 6.45) is 0. The van der Waals surface area contributed by atoms with Crippen molar-refractivity contribution in [3.63, 3.8) is 0 Å². The number of nitrogens with one attached hydrogen (secondary N) is 1. The quantitative estimate of drug-likeness (QED) is 0.811. The van der Waals surface area contributed by atoms with Gasteiger partial charge in [0.2, 0.25) is 5.91 Å². The van der Waals surface area contributed by atoms with Gasteiger partial charge in [-0.1, -0.05) is 25.5 Å². The number of carbonyl (C=O) groups is 3. The maximum absolute atomic E-state index is 12.1. The molecular formula is C15H19NO5. The number of ether oxygens (including phenoxy) is 1. The first kappa shape index (κ1) is 16.7. The predicted molar refractivity (Wildman–Crippen MR) is 77.1 cm³/mol. The van der Waals surface area contributed by atoms with Crippen molar-refractivity contribution >= 4 is 23.5 Å². The molecule has 0 aliphatic carbocycles. The number of carbonyl (C=O) groups excluding carboxylic acids is 2. The average Bonchev–Trinajstić information content (AvgIpc) is 2.46. The third-order valence-electron chi connectivity index (χ3n) is 3.39. The number of carboxylic acids is 1. The van der Waals surface area contributed by atoms with E-state index in [-0.39, 0.29) is 5.56 Å². The lowest BCUT2D eigenvalue weighted by atomic mass is 9.95. The van der Waals surface area contributed by atoms with Crippen LogP contribution in [0.25, 0.3) is 0 Å². The maximum atomic E-state index is 12.1. The maximum Gasteiger partial charge on any atom is 0.339 e. The van der Waals surface area contributed by atoms with Crippen LogP contribution < -0.4 is 5.32 Å². The van der Waals surface area contributed by atoms with Crippen LogP contribution in [0.1, 0.15) is 29.8 Å². The van der Waals surface area contributed by atoms with E-state index in [1.165, 1.54) is 21.0 Å². The van der Waals surface area contributed by atoms with Crippen LogP contribution in [-0.2, 0) is 14.3 Å². The summed E-state index contributed by atoms with van der Waals surface area (Å²) in [5.41, 5.74) is 1.39. The Labute approximate surface area is 123 Å². The van der Waals surface area contributed by atoms with Crippen molar-refractivity contribution in [2.45, 2.75) is 20.8 Å². The molecule has 114 valence electrons. The van der Waals surface area contributed by atoms with Crippen molar-refractivity contribution in [2.75, 3.05) is 12.4 Å². The van der Waals surface area contributed by atoms with E-state index in [9.17, 15) is 14.4 Å². The van der Waals surface area contributed by atoms with Crippen LogP contribution in [0.4, 0.5) is 5.69 Å². The minimum absolute atomic E-state index is 0.237. The number of anilines is 1. The fourth-order valence-corrected chi connectivity index (χ4v) is 1.73. The highest BCUT2D eigenvalue weighted by Crippen LogP contribution is 2.21. The van der Waals surface area contributed by atoms with E-state index in [4.69, 9.17) is 5.11 Å². The van der Waals surface area contributed by atoms with Gasteiger partial charge in [0, 0.05) is 5.92 Å². The van der Waals surface area contributed by atoms with Crippen LogP contribution in [0.5, 0.6) is 0 Å². The molecule has 21 heavy (non-hydrogen) atoms. The Morgan fingerprint density at radius 1 is 1.19 bits per heavy atom. The van der Waals surface area contributed by atoms with Crippen LogP contribution in [0.15, 0.2) is 18.2 Å². The molecule has 1 aromatic carbocycles. The number of aryl methyl sites for hydroxylation is 1. The molecule has 1 rings (SSSR count). The Morgan fingerprint density at radius 3 is 2.33 bits per heavy atom. The lowest BCUT2D eigenvalue weighted by Gasteiger charge is -2.17. The first-order valence-corrected chi connectivity index (χ1v) is 6.50. The van der Waals surface area contributed by atoms with Gasteiger partial charge in [-0.15, -0.1) is 0 Å². The zero-order valence-corrected chi connectivity index (χ0v) is 12.5. The van der Waals surface area contributed by atoms with Crippen LogP contribution in [-0.4, -0.2) is 30.1 Å². The lowest BCUT2D eigenvalue weighted by Crippen LogP contribution is -2.30. The number of esters is 1. The molecule has 0 aromatic heterocycles. The molecule has 0 aliphatic rings. The molecule has 0 saturated carbocycles. The van der Waals surface area contributed by atoms with Gasteiger partial charge in [-0.2, -0.15) is 0 Å². The highest BCUT2D eigenvalue weighted by atomic mass is 16.5. The largest absolute Gasteiger partial charge is 0.481 e. The molecule has 0 saturated heterocycles. The Balaban J connectivity index is 3.00. The highest BCUT2D eigenvalue weighted by Gasteiger charge is 2.26. The summed E-state index contributed by atoms with van der Waals surface area (Å²) in [5.74, 6) is -3.62. The van der Waals surface area contributed by atoms with E-state index in [0.29, 0.717) is 5.69 Å². The van der Waals surface area contributed by atoms with Gasteiger partial charge in [-0.05, 0) is 19.1 Å². The van der Waals surface area contributed by atoms with Gasteiger partial charge < -0.3 is 15.2 Å². The second kappa shape index (κ2) is 6.88. The summed E-state index contributed by atoms with van der Waals surface area (Å²) in [4.78, 5) is 34.7. The van der Waals surface area contributed by atoms with Gasteiger partial charge in [0.15, 0.2) is 0 Å². The molecule has 6 nitrogen and oxygen atoms in total. The molecule has 2 unspecified atom stereocenters. The van der Waals surface area contributed by atoms with E-state index >= 15 is 0 Å². The molecule has 1 amide bonds. The average molecular weight is 293 g/mol. The number of hydrogen-bond donors (Lipinski definition) is 2. The smallest absolute Gasteiger partial charge is 0.339 e. The fraction of sp³-hybridized carbons (Fsp3) is 0.400. The first-order valence-electron chi connectivity index (χ1n) is 6.50. The Kier molecular flexibility index (Phi) is 5.46. The molecular weight excluding hydrogens is 274 g/mol.